The number of esters is 1. The SMILES string of the molecule is CCOC(=O)C(CO)C(=O)C(F)(F)F. The molecule has 1 atom stereocenters. The zero-order chi connectivity index (χ0) is 11.4. The smallest absolute Gasteiger partial charge is 0.451 e. The molecule has 0 heterocycles. The first-order valence-corrected chi connectivity index (χ1v) is 3.73. The minimum atomic E-state index is -5.14. The van der Waals surface area contributed by atoms with Gasteiger partial charge >= 0.3 is 12.1 Å². The molecule has 1 unspecified atom stereocenters. The molecule has 0 aromatic heterocycles. The molecule has 0 aromatic rings. The molecule has 7 heteroatoms. The summed E-state index contributed by atoms with van der Waals surface area (Å²) in [7, 11) is 0. The van der Waals surface area contributed by atoms with Gasteiger partial charge in [0.2, 0.25) is 0 Å². The lowest BCUT2D eigenvalue weighted by Gasteiger charge is -2.13. The maximum absolute atomic E-state index is 11.8. The number of alkyl halides is 3. The predicted octanol–water partition coefficient (Wildman–Crippen LogP) is 0.289. The van der Waals surface area contributed by atoms with Crippen LogP contribution in [0.2, 0.25) is 0 Å². The minimum absolute atomic E-state index is 0.152. The minimum Gasteiger partial charge on any atom is -0.465 e. The van der Waals surface area contributed by atoms with Crippen molar-refractivity contribution >= 4 is 11.8 Å². The summed E-state index contributed by atoms with van der Waals surface area (Å²) >= 11 is 0. The van der Waals surface area contributed by atoms with Crippen molar-refractivity contribution in [3.05, 3.63) is 0 Å². The van der Waals surface area contributed by atoms with Gasteiger partial charge in [0, 0.05) is 0 Å². The number of hydrogen-bond donors (Lipinski definition) is 1. The lowest BCUT2D eigenvalue weighted by atomic mass is 10.1. The molecule has 0 aromatic carbocycles. The van der Waals surface area contributed by atoms with E-state index in [1.165, 1.54) is 6.92 Å². The maximum Gasteiger partial charge on any atom is 0.451 e. The Morgan fingerprint density at radius 3 is 2.21 bits per heavy atom. The predicted molar refractivity (Wildman–Crippen MR) is 38.3 cm³/mol. The third-order valence-corrected chi connectivity index (χ3v) is 1.35. The Bertz CT molecular complexity index is 223. The second-order valence-corrected chi connectivity index (χ2v) is 2.35. The van der Waals surface area contributed by atoms with E-state index in [9.17, 15) is 22.8 Å². The molecule has 0 saturated heterocycles. The van der Waals surface area contributed by atoms with E-state index in [4.69, 9.17) is 5.11 Å². The van der Waals surface area contributed by atoms with Crippen LogP contribution in [0, 0.1) is 5.92 Å². The first-order chi connectivity index (χ1) is 6.34. The van der Waals surface area contributed by atoms with E-state index in [1.54, 1.807) is 0 Å². The van der Waals surface area contributed by atoms with Gasteiger partial charge < -0.3 is 9.84 Å². The number of ketones is 1. The molecule has 0 aliphatic heterocycles. The van der Waals surface area contributed by atoms with Crippen LogP contribution in [0.25, 0.3) is 0 Å². The Morgan fingerprint density at radius 2 is 1.93 bits per heavy atom. The molecule has 1 N–H and O–H groups in total. The average Bonchev–Trinajstić information content (AvgIpc) is 2.04. The molecular weight excluding hydrogens is 205 g/mol. The Labute approximate surface area is 77.7 Å². The normalized spacial score (nSPS) is 13.5. The summed E-state index contributed by atoms with van der Waals surface area (Å²) in [6.45, 7) is 0.0159. The van der Waals surface area contributed by atoms with E-state index in [-0.39, 0.29) is 6.61 Å². The monoisotopic (exact) mass is 214 g/mol. The van der Waals surface area contributed by atoms with E-state index in [0.29, 0.717) is 0 Å². The number of carbonyl (C=O) groups excluding carboxylic acids is 2. The van der Waals surface area contributed by atoms with E-state index < -0.39 is 30.5 Å². The fourth-order valence-corrected chi connectivity index (χ4v) is 0.705. The van der Waals surface area contributed by atoms with Gasteiger partial charge in [-0.15, -0.1) is 0 Å². The molecule has 82 valence electrons. The van der Waals surface area contributed by atoms with Gasteiger partial charge in [0.05, 0.1) is 13.2 Å². The Morgan fingerprint density at radius 1 is 1.43 bits per heavy atom. The highest BCUT2D eigenvalue weighted by Gasteiger charge is 2.46. The standard InChI is InChI=1S/C7H9F3O4/c1-2-14-6(13)4(3-11)5(12)7(8,9)10/h4,11H,2-3H2,1H3. The Hall–Kier alpha value is -1.11. The molecule has 0 spiro atoms. The van der Waals surface area contributed by atoms with Crippen LogP contribution in [0.3, 0.4) is 0 Å². The number of carbonyl (C=O) groups is 2. The summed E-state index contributed by atoms with van der Waals surface area (Å²) in [5, 5.41) is 8.44. The van der Waals surface area contributed by atoms with Gasteiger partial charge in [0.15, 0.2) is 0 Å². The molecule has 0 aliphatic rings. The van der Waals surface area contributed by atoms with Gasteiger partial charge in [-0.2, -0.15) is 13.2 Å². The van der Waals surface area contributed by atoms with E-state index in [2.05, 4.69) is 4.74 Å². The summed E-state index contributed by atoms with van der Waals surface area (Å²) in [5.74, 6) is -5.83. The van der Waals surface area contributed by atoms with Crippen LogP contribution in [-0.2, 0) is 14.3 Å². The zero-order valence-electron chi connectivity index (χ0n) is 7.30. The van der Waals surface area contributed by atoms with Crippen molar-refractivity contribution < 1.29 is 32.6 Å². The molecule has 0 radical (unpaired) electrons. The topological polar surface area (TPSA) is 63.6 Å². The molecular formula is C7H9F3O4. The number of halogens is 3. The fourth-order valence-electron chi connectivity index (χ4n) is 0.705. The maximum atomic E-state index is 11.8. The van der Waals surface area contributed by atoms with Gasteiger partial charge in [-0.05, 0) is 6.92 Å². The molecule has 0 amide bonds. The highest BCUT2D eigenvalue weighted by molar-refractivity contribution is 6.01. The van der Waals surface area contributed by atoms with Gasteiger partial charge in [0.25, 0.3) is 5.78 Å². The molecule has 0 saturated carbocycles. The van der Waals surface area contributed by atoms with Crippen LogP contribution >= 0.6 is 0 Å². The van der Waals surface area contributed by atoms with Crippen LogP contribution in [-0.4, -0.2) is 36.2 Å². The number of Topliss-reactive ketones (excluding diaryl/α,β-unsaturated/α-hetero) is 1. The third-order valence-electron chi connectivity index (χ3n) is 1.35. The van der Waals surface area contributed by atoms with Crippen LogP contribution in [0.4, 0.5) is 13.2 Å². The second-order valence-electron chi connectivity index (χ2n) is 2.35. The van der Waals surface area contributed by atoms with Gasteiger partial charge in [-0.1, -0.05) is 0 Å². The number of aliphatic hydroxyl groups is 1. The van der Waals surface area contributed by atoms with Crippen molar-refractivity contribution in [2.45, 2.75) is 13.1 Å². The number of hydrogen-bond acceptors (Lipinski definition) is 4. The largest absolute Gasteiger partial charge is 0.465 e. The second kappa shape index (κ2) is 4.94. The van der Waals surface area contributed by atoms with Crippen molar-refractivity contribution in [1.82, 2.24) is 0 Å². The van der Waals surface area contributed by atoms with Crippen molar-refractivity contribution in [2.24, 2.45) is 5.92 Å². The highest BCUT2D eigenvalue weighted by atomic mass is 19.4. The molecule has 14 heavy (non-hydrogen) atoms. The quantitative estimate of drug-likeness (QED) is 0.539. The molecule has 0 rings (SSSR count). The van der Waals surface area contributed by atoms with Crippen molar-refractivity contribution in [1.29, 1.82) is 0 Å². The molecule has 0 aliphatic carbocycles. The van der Waals surface area contributed by atoms with Crippen molar-refractivity contribution in [3.8, 4) is 0 Å². The number of rotatable bonds is 4. The van der Waals surface area contributed by atoms with E-state index in [1.807, 2.05) is 0 Å². The van der Waals surface area contributed by atoms with Crippen LogP contribution in [0.5, 0.6) is 0 Å². The molecule has 4 nitrogen and oxygen atoms in total. The summed E-state index contributed by atoms with van der Waals surface area (Å²) < 4.78 is 39.6. The zero-order valence-corrected chi connectivity index (χ0v) is 7.30. The van der Waals surface area contributed by atoms with Crippen molar-refractivity contribution in [2.75, 3.05) is 13.2 Å². The van der Waals surface area contributed by atoms with Crippen molar-refractivity contribution in [3.63, 3.8) is 0 Å². The third kappa shape index (κ3) is 3.33. The summed E-state index contributed by atoms with van der Waals surface area (Å²) in [6.07, 6.45) is -5.14. The van der Waals surface area contributed by atoms with Crippen LogP contribution in [0.15, 0.2) is 0 Å². The lowest BCUT2D eigenvalue weighted by molar-refractivity contribution is -0.182. The van der Waals surface area contributed by atoms with Crippen LogP contribution < -0.4 is 0 Å². The lowest BCUT2D eigenvalue weighted by Crippen LogP contribution is -2.38. The Balaban J connectivity index is 4.57. The summed E-state index contributed by atoms with van der Waals surface area (Å²) in [4.78, 5) is 21.3. The van der Waals surface area contributed by atoms with Gasteiger partial charge in [-0.3, -0.25) is 9.59 Å². The van der Waals surface area contributed by atoms with Gasteiger partial charge in [-0.25, -0.2) is 0 Å². The number of ether oxygens (including phenoxy) is 1. The van der Waals surface area contributed by atoms with E-state index in [0.717, 1.165) is 0 Å². The first-order valence-electron chi connectivity index (χ1n) is 3.73. The Kier molecular flexibility index (Phi) is 4.55. The number of aliphatic hydroxyl groups excluding tert-OH is 1. The molecule has 0 bridgehead atoms. The van der Waals surface area contributed by atoms with Gasteiger partial charge in [0.1, 0.15) is 5.92 Å². The first kappa shape index (κ1) is 12.9. The molecule has 0 fully saturated rings. The van der Waals surface area contributed by atoms with E-state index >= 15 is 0 Å². The highest BCUT2D eigenvalue weighted by Crippen LogP contribution is 2.21. The van der Waals surface area contributed by atoms with Crippen LogP contribution in [0.1, 0.15) is 6.92 Å². The summed E-state index contributed by atoms with van der Waals surface area (Å²) in [5.41, 5.74) is 0. The fraction of sp³-hybridized carbons (Fsp3) is 0.714. The summed E-state index contributed by atoms with van der Waals surface area (Å²) in [6, 6.07) is 0. The average molecular weight is 214 g/mol.